The minimum absolute atomic E-state index is 0.246. The second kappa shape index (κ2) is 7.42. The van der Waals surface area contributed by atoms with Crippen molar-refractivity contribution in [2.45, 2.75) is 6.42 Å². The summed E-state index contributed by atoms with van der Waals surface area (Å²) in [6.45, 7) is 0.492. The molecule has 8 heteroatoms. The molecule has 0 radical (unpaired) electrons. The molecule has 3 rings (SSSR count). The second-order valence-corrected chi connectivity index (χ2v) is 5.89. The van der Waals surface area contributed by atoms with E-state index in [9.17, 15) is 4.79 Å². The summed E-state index contributed by atoms with van der Waals surface area (Å²) >= 11 is 12.0. The van der Waals surface area contributed by atoms with Crippen molar-refractivity contribution < 1.29 is 4.79 Å². The van der Waals surface area contributed by atoms with Gasteiger partial charge in [0.15, 0.2) is 0 Å². The number of amides is 1. The molecule has 3 aromatic rings. The van der Waals surface area contributed by atoms with Crippen molar-refractivity contribution in [3.63, 3.8) is 0 Å². The summed E-state index contributed by atoms with van der Waals surface area (Å²) in [7, 11) is 0. The van der Waals surface area contributed by atoms with Gasteiger partial charge in [0.2, 0.25) is 0 Å². The van der Waals surface area contributed by atoms with Crippen LogP contribution in [0.2, 0.25) is 10.0 Å². The molecular weight excluding hydrogens is 349 g/mol. The van der Waals surface area contributed by atoms with Crippen LogP contribution in [0.1, 0.15) is 15.9 Å². The van der Waals surface area contributed by atoms with Gasteiger partial charge < -0.3 is 5.32 Å². The Kier molecular flexibility index (Phi) is 5.08. The van der Waals surface area contributed by atoms with Crippen molar-refractivity contribution in [3.8, 4) is 5.69 Å². The molecule has 0 atom stereocenters. The number of nitrogens with one attached hydrogen (secondary N) is 1. The van der Waals surface area contributed by atoms with Gasteiger partial charge in [0.05, 0.1) is 16.3 Å². The highest BCUT2D eigenvalue weighted by molar-refractivity contribution is 6.34. The molecule has 1 N–H and O–H groups in total. The number of hydrogen-bond donors (Lipinski definition) is 1. The Morgan fingerprint density at radius 3 is 2.62 bits per heavy atom. The molecule has 0 aliphatic carbocycles. The molecule has 2 aromatic carbocycles. The van der Waals surface area contributed by atoms with Crippen molar-refractivity contribution >= 4 is 29.1 Å². The van der Waals surface area contributed by atoms with Crippen LogP contribution >= 0.6 is 23.2 Å². The van der Waals surface area contributed by atoms with Crippen molar-refractivity contribution in [2.75, 3.05) is 6.54 Å². The van der Waals surface area contributed by atoms with Gasteiger partial charge in [-0.3, -0.25) is 4.79 Å². The molecule has 6 nitrogen and oxygen atoms in total. The van der Waals surface area contributed by atoms with Crippen LogP contribution < -0.4 is 5.32 Å². The smallest absolute Gasteiger partial charge is 0.252 e. The van der Waals surface area contributed by atoms with Gasteiger partial charge in [0, 0.05) is 11.6 Å². The Balaban J connectivity index is 1.66. The fourth-order valence-corrected chi connectivity index (χ4v) is 2.51. The minimum atomic E-state index is -0.246. The monoisotopic (exact) mass is 361 g/mol. The molecule has 0 saturated carbocycles. The van der Waals surface area contributed by atoms with E-state index in [4.69, 9.17) is 23.2 Å². The lowest BCUT2D eigenvalue weighted by Crippen LogP contribution is -2.26. The number of nitrogens with zero attached hydrogens (tertiary/aromatic N) is 4. The van der Waals surface area contributed by atoms with Crippen LogP contribution in [0.15, 0.2) is 48.8 Å². The first-order valence-corrected chi connectivity index (χ1v) is 7.94. The molecular formula is C16H13Cl2N5O. The van der Waals surface area contributed by atoms with Gasteiger partial charge in [-0.25, -0.2) is 4.68 Å². The number of halogens is 2. The summed E-state index contributed by atoms with van der Waals surface area (Å²) in [5.74, 6) is -0.246. The lowest BCUT2D eigenvalue weighted by atomic mass is 10.1. The van der Waals surface area contributed by atoms with E-state index in [1.165, 1.54) is 11.0 Å². The maximum absolute atomic E-state index is 12.4. The summed E-state index contributed by atoms with van der Waals surface area (Å²) in [5.41, 5.74) is 2.13. The molecule has 0 spiro atoms. The first-order valence-electron chi connectivity index (χ1n) is 7.19. The van der Waals surface area contributed by atoms with Crippen molar-refractivity contribution in [3.05, 3.63) is 70.0 Å². The van der Waals surface area contributed by atoms with Crippen LogP contribution in [-0.2, 0) is 6.42 Å². The van der Waals surface area contributed by atoms with E-state index in [0.717, 1.165) is 5.56 Å². The van der Waals surface area contributed by atoms with Crippen LogP contribution in [0.5, 0.6) is 0 Å². The quantitative estimate of drug-likeness (QED) is 0.758. The zero-order chi connectivity index (χ0) is 16.9. The molecule has 1 amide bonds. The Morgan fingerprint density at radius 1 is 1.12 bits per heavy atom. The van der Waals surface area contributed by atoms with Crippen LogP contribution in [-0.4, -0.2) is 32.7 Å². The average molecular weight is 362 g/mol. The fourth-order valence-electron chi connectivity index (χ4n) is 2.18. The highest BCUT2D eigenvalue weighted by Crippen LogP contribution is 2.19. The molecule has 1 aromatic heterocycles. The Hall–Kier alpha value is -2.44. The molecule has 0 aliphatic rings. The van der Waals surface area contributed by atoms with Crippen LogP contribution in [0.25, 0.3) is 5.69 Å². The Labute approximate surface area is 148 Å². The maximum atomic E-state index is 12.4. The number of benzene rings is 2. The fraction of sp³-hybridized carbons (Fsp3) is 0.125. The average Bonchev–Trinajstić information content (AvgIpc) is 3.11. The second-order valence-electron chi connectivity index (χ2n) is 5.05. The molecule has 0 aliphatic heterocycles. The van der Waals surface area contributed by atoms with Crippen molar-refractivity contribution in [1.29, 1.82) is 0 Å². The standard InChI is InChI=1S/C16H13Cl2N5O/c17-12-3-1-11(2-4-12)7-8-19-16(24)14-9-13(5-6-15(14)18)23-10-20-21-22-23/h1-6,9-10H,7-8H2,(H,19,24). The maximum Gasteiger partial charge on any atom is 0.252 e. The van der Waals surface area contributed by atoms with E-state index >= 15 is 0 Å². The molecule has 0 unspecified atom stereocenters. The topological polar surface area (TPSA) is 72.7 Å². The number of carbonyl (C=O) groups is 1. The molecule has 1 heterocycles. The lowest BCUT2D eigenvalue weighted by molar-refractivity contribution is 0.0954. The number of aromatic nitrogens is 4. The third kappa shape index (κ3) is 3.90. The molecule has 0 bridgehead atoms. The largest absolute Gasteiger partial charge is 0.352 e. The summed E-state index contributed by atoms with van der Waals surface area (Å²) in [5, 5.41) is 14.9. The van der Waals surface area contributed by atoms with Crippen LogP contribution in [0, 0.1) is 0 Å². The van der Waals surface area contributed by atoms with E-state index in [2.05, 4.69) is 20.8 Å². The highest BCUT2D eigenvalue weighted by Gasteiger charge is 2.12. The Bertz CT molecular complexity index is 834. The minimum Gasteiger partial charge on any atom is -0.352 e. The third-order valence-corrected chi connectivity index (χ3v) is 4.00. The van der Waals surface area contributed by atoms with Crippen LogP contribution in [0.4, 0.5) is 0 Å². The molecule has 0 fully saturated rings. The Morgan fingerprint density at radius 2 is 1.92 bits per heavy atom. The number of carbonyl (C=O) groups excluding carboxylic acids is 1. The van der Waals surface area contributed by atoms with Gasteiger partial charge in [0.25, 0.3) is 5.91 Å². The van der Waals surface area contributed by atoms with Crippen molar-refractivity contribution in [1.82, 2.24) is 25.5 Å². The van der Waals surface area contributed by atoms with Gasteiger partial charge in [-0.15, -0.1) is 5.10 Å². The van der Waals surface area contributed by atoms with E-state index in [-0.39, 0.29) is 5.91 Å². The number of hydrogen-bond acceptors (Lipinski definition) is 4. The first-order chi connectivity index (χ1) is 11.6. The molecule has 0 saturated heterocycles. The van der Waals surface area contributed by atoms with Gasteiger partial charge in [0.1, 0.15) is 6.33 Å². The van der Waals surface area contributed by atoms with E-state index < -0.39 is 0 Å². The van der Waals surface area contributed by atoms with Gasteiger partial charge in [-0.1, -0.05) is 35.3 Å². The van der Waals surface area contributed by atoms with Gasteiger partial charge >= 0.3 is 0 Å². The zero-order valence-corrected chi connectivity index (χ0v) is 14.0. The predicted octanol–water partition coefficient (Wildman–Crippen LogP) is 2.94. The van der Waals surface area contributed by atoms with Crippen LogP contribution in [0.3, 0.4) is 0 Å². The zero-order valence-electron chi connectivity index (χ0n) is 12.5. The summed E-state index contributed by atoms with van der Waals surface area (Å²) in [6.07, 6.45) is 2.15. The first kappa shape index (κ1) is 16.4. The van der Waals surface area contributed by atoms with E-state index in [1.807, 2.05) is 24.3 Å². The van der Waals surface area contributed by atoms with Gasteiger partial charge in [-0.2, -0.15) is 0 Å². The molecule has 24 heavy (non-hydrogen) atoms. The SMILES string of the molecule is O=C(NCCc1ccc(Cl)cc1)c1cc(-n2cnnn2)ccc1Cl. The molecule has 122 valence electrons. The number of rotatable bonds is 5. The highest BCUT2D eigenvalue weighted by atomic mass is 35.5. The van der Waals surface area contributed by atoms with E-state index in [0.29, 0.717) is 34.3 Å². The summed E-state index contributed by atoms with van der Waals surface area (Å²) < 4.78 is 1.46. The number of tetrazole rings is 1. The summed E-state index contributed by atoms with van der Waals surface area (Å²) in [4.78, 5) is 12.4. The third-order valence-electron chi connectivity index (χ3n) is 3.42. The van der Waals surface area contributed by atoms with Crippen molar-refractivity contribution in [2.24, 2.45) is 0 Å². The predicted molar refractivity (Wildman–Crippen MR) is 91.7 cm³/mol. The lowest BCUT2D eigenvalue weighted by Gasteiger charge is -2.09. The van der Waals surface area contributed by atoms with Gasteiger partial charge in [-0.05, 0) is 52.7 Å². The normalized spacial score (nSPS) is 10.6. The summed E-state index contributed by atoms with van der Waals surface area (Å²) in [6, 6.07) is 12.5. The van der Waals surface area contributed by atoms with E-state index in [1.54, 1.807) is 18.2 Å².